The van der Waals surface area contributed by atoms with E-state index < -0.39 is 0 Å². The van der Waals surface area contributed by atoms with Crippen LogP contribution in [0.15, 0.2) is 25.0 Å². The van der Waals surface area contributed by atoms with Crippen LogP contribution in [0, 0.1) is 0 Å². The average molecular weight is 459 g/mol. The molecule has 18 heavy (non-hydrogen) atoms. The summed E-state index contributed by atoms with van der Waals surface area (Å²) >= 11 is 12.2. The number of hydrogen-bond acceptors (Lipinski definition) is 4. The van der Waals surface area contributed by atoms with E-state index in [1.807, 2.05) is 4.68 Å². The lowest BCUT2D eigenvalue weighted by Gasteiger charge is -2.16. The van der Waals surface area contributed by atoms with Gasteiger partial charge in [0.15, 0.2) is 0 Å². The van der Waals surface area contributed by atoms with Crippen molar-refractivity contribution in [2.24, 2.45) is 5.84 Å². The molecule has 0 amide bonds. The molecule has 2 aromatic rings. The molecule has 0 aliphatic rings. The number of hydrazine groups is 1. The Balaban J connectivity index is 2.47. The van der Waals surface area contributed by atoms with Crippen LogP contribution in [0.3, 0.4) is 0 Å². The molecule has 2 rings (SSSR count). The predicted octanol–water partition coefficient (Wildman–Crippen LogP) is 3.80. The van der Waals surface area contributed by atoms with Crippen molar-refractivity contribution in [2.45, 2.75) is 19.5 Å². The third kappa shape index (κ3) is 2.73. The predicted molar refractivity (Wildman–Crippen MR) is 84.5 cm³/mol. The largest absolute Gasteiger partial charge is 0.270 e. The van der Waals surface area contributed by atoms with E-state index in [0.29, 0.717) is 0 Å². The molecule has 0 spiro atoms. The highest BCUT2D eigenvalue weighted by Crippen LogP contribution is 2.38. The molecule has 0 aromatic carbocycles. The van der Waals surface area contributed by atoms with Crippen LogP contribution >= 0.6 is 59.1 Å². The molecule has 0 fully saturated rings. The van der Waals surface area contributed by atoms with E-state index in [2.05, 4.69) is 71.3 Å². The first-order valence-corrected chi connectivity index (χ1v) is 8.40. The van der Waals surface area contributed by atoms with Crippen molar-refractivity contribution >= 4 is 59.1 Å². The minimum atomic E-state index is -0.0885. The Morgan fingerprint density at radius 2 is 2.17 bits per heavy atom. The number of nitrogens with one attached hydrogen (secondary N) is 1. The number of nitrogens with zero attached hydrogens (tertiary/aromatic N) is 2. The standard InChI is InChI=1S/C10H11Br3N4S/c1-2-17-9(6(12)4-15-17)8(16-14)7-3-5(11)10(13)18-7/h3-4,8,16H,2,14H2,1H3. The van der Waals surface area contributed by atoms with Gasteiger partial charge in [0.1, 0.15) is 0 Å². The summed E-state index contributed by atoms with van der Waals surface area (Å²) in [5, 5.41) is 4.31. The molecular weight excluding hydrogens is 448 g/mol. The molecule has 98 valence electrons. The van der Waals surface area contributed by atoms with Crippen molar-refractivity contribution in [3.63, 3.8) is 0 Å². The van der Waals surface area contributed by atoms with E-state index in [1.54, 1.807) is 17.5 Å². The lowest BCUT2D eigenvalue weighted by atomic mass is 10.2. The van der Waals surface area contributed by atoms with Crippen LogP contribution in [0.1, 0.15) is 23.5 Å². The maximum atomic E-state index is 5.71. The molecule has 8 heteroatoms. The van der Waals surface area contributed by atoms with Gasteiger partial charge in [-0.15, -0.1) is 11.3 Å². The number of aryl methyl sites for hydroxylation is 1. The quantitative estimate of drug-likeness (QED) is 0.541. The molecule has 0 aliphatic heterocycles. The number of thiophene rings is 1. The summed E-state index contributed by atoms with van der Waals surface area (Å²) in [6, 6.07) is 1.97. The molecule has 3 N–H and O–H groups in total. The van der Waals surface area contributed by atoms with Gasteiger partial charge in [0, 0.05) is 15.9 Å². The Hall–Kier alpha value is 0.270. The number of hydrogen-bond donors (Lipinski definition) is 2. The van der Waals surface area contributed by atoms with E-state index in [4.69, 9.17) is 5.84 Å². The second kappa shape index (κ2) is 6.15. The van der Waals surface area contributed by atoms with Gasteiger partial charge in [-0.05, 0) is 60.8 Å². The molecule has 2 aromatic heterocycles. The lowest BCUT2D eigenvalue weighted by molar-refractivity contribution is 0.546. The van der Waals surface area contributed by atoms with Gasteiger partial charge in [-0.1, -0.05) is 0 Å². The van der Waals surface area contributed by atoms with Gasteiger partial charge in [-0.25, -0.2) is 5.43 Å². The minimum Gasteiger partial charge on any atom is -0.270 e. The smallest absolute Gasteiger partial charge is 0.0982 e. The lowest BCUT2D eigenvalue weighted by Crippen LogP contribution is -2.30. The molecule has 2 heterocycles. The third-order valence-electron chi connectivity index (χ3n) is 2.52. The van der Waals surface area contributed by atoms with Crippen LogP contribution in [0.2, 0.25) is 0 Å². The third-order valence-corrected chi connectivity index (χ3v) is 6.45. The summed E-state index contributed by atoms with van der Waals surface area (Å²) in [6.45, 7) is 2.85. The molecule has 1 atom stereocenters. The van der Waals surface area contributed by atoms with E-state index >= 15 is 0 Å². The SMILES string of the molecule is CCn1ncc(Br)c1C(NN)c1cc(Br)c(Br)s1. The van der Waals surface area contributed by atoms with Gasteiger partial charge >= 0.3 is 0 Å². The summed E-state index contributed by atoms with van der Waals surface area (Å²) in [7, 11) is 0. The fraction of sp³-hybridized carbons (Fsp3) is 0.300. The fourth-order valence-corrected chi connectivity index (χ4v) is 4.39. The number of rotatable bonds is 4. The van der Waals surface area contributed by atoms with Gasteiger partial charge in [-0.2, -0.15) is 5.10 Å². The molecule has 4 nitrogen and oxygen atoms in total. The van der Waals surface area contributed by atoms with Crippen molar-refractivity contribution in [1.82, 2.24) is 15.2 Å². The van der Waals surface area contributed by atoms with Crippen LogP contribution < -0.4 is 11.3 Å². The highest BCUT2D eigenvalue weighted by Gasteiger charge is 2.22. The van der Waals surface area contributed by atoms with E-state index in [0.717, 1.165) is 29.8 Å². The summed E-state index contributed by atoms with van der Waals surface area (Å²) in [5.74, 6) is 5.71. The first-order valence-electron chi connectivity index (χ1n) is 5.20. The average Bonchev–Trinajstić information content (AvgIpc) is 2.86. The van der Waals surface area contributed by atoms with Crippen LogP contribution in [0.5, 0.6) is 0 Å². The topological polar surface area (TPSA) is 55.9 Å². The summed E-state index contributed by atoms with van der Waals surface area (Å²) in [5.41, 5.74) is 3.88. The van der Waals surface area contributed by atoms with Crippen molar-refractivity contribution in [2.75, 3.05) is 0 Å². The molecule has 0 aliphatic carbocycles. The van der Waals surface area contributed by atoms with Crippen LogP contribution in [-0.2, 0) is 6.54 Å². The maximum absolute atomic E-state index is 5.71. The highest BCUT2D eigenvalue weighted by molar-refractivity contribution is 9.13. The molecule has 0 saturated heterocycles. The van der Waals surface area contributed by atoms with E-state index in [9.17, 15) is 0 Å². The van der Waals surface area contributed by atoms with Crippen LogP contribution in [-0.4, -0.2) is 9.78 Å². The summed E-state index contributed by atoms with van der Waals surface area (Å²) in [4.78, 5) is 1.12. The second-order valence-electron chi connectivity index (χ2n) is 3.56. The second-order valence-corrected chi connectivity index (χ2v) is 7.67. The number of nitrogens with two attached hydrogens (primary N) is 1. The molecule has 0 saturated carbocycles. The zero-order valence-electron chi connectivity index (χ0n) is 9.45. The maximum Gasteiger partial charge on any atom is 0.0982 e. The van der Waals surface area contributed by atoms with Crippen molar-refractivity contribution in [3.05, 3.63) is 35.6 Å². The molecule has 0 radical (unpaired) electrons. The Morgan fingerprint density at radius 3 is 2.67 bits per heavy atom. The Labute approximate surface area is 134 Å². The van der Waals surface area contributed by atoms with Crippen molar-refractivity contribution in [3.8, 4) is 0 Å². The van der Waals surface area contributed by atoms with Gasteiger partial charge in [0.25, 0.3) is 0 Å². The Kier molecular flexibility index (Phi) is 5.01. The molecule has 1 unspecified atom stereocenters. The minimum absolute atomic E-state index is 0.0885. The van der Waals surface area contributed by atoms with Gasteiger partial charge in [0.2, 0.25) is 0 Å². The van der Waals surface area contributed by atoms with Crippen molar-refractivity contribution in [1.29, 1.82) is 0 Å². The molecule has 0 bridgehead atoms. The van der Waals surface area contributed by atoms with E-state index in [1.165, 1.54) is 0 Å². The van der Waals surface area contributed by atoms with Gasteiger partial charge in [-0.3, -0.25) is 10.5 Å². The first-order chi connectivity index (χ1) is 8.58. The zero-order chi connectivity index (χ0) is 13.3. The van der Waals surface area contributed by atoms with Crippen LogP contribution in [0.25, 0.3) is 0 Å². The Bertz CT molecular complexity index is 532. The van der Waals surface area contributed by atoms with Crippen molar-refractivity contribution < 1.29 is 0 Å². The number of halogens is 3. The zero-order valence-corrected chi connectivity index (χ0v) is 15.0. The fourth-order valence-electron chi connectivity index (χ4n) is 1.71. The van der Waals surface area contributed by atoms with E-state index in [-0.39, 0.29) is 6.04 Å². The number of aromatic nitrogens is 2. The monoisotopic (exact) mass is 456 g/mol. The normalized spacial score (nSPS) is 12.9. The summed E-state index contributed by atoms with van der Waals surface area (Å²) in [6.07, 6.45) is 1.79. The molecular formula is C10H11Br3N4S. The van der Waals surface area contributed by atoms with Gasteiger partial charge < -0.3 is 0 Å². The first kappa shape index (κ1) is 14.7. The Morgan fingerprint density at radius 1 is 1.44 bits per heavy atom. The van der Waals surface area contributed by atoms with Crippen LogP contribution in [0.4, 0.5) is 0 Å². The van der Waals surface area contributed by atoms with Gasteiger partial charge in [0.05, 0.1) is 26.2 Å². The highest BCUT2D eigenvalue weighted by atomic mass is 79.9. The summed E-state index contributed by atoms with van der Waals surface area (Å²) < 4.78 is 4.96.